The van der Waals surface area contributed by atoms with Crippen molar-refractivity contribution in [1.29, 1.82) is 0 Å². The Bertz CT molecular complexity index is 862. The minimum absolute atomic E-state index is 0. The van der Waals surface area contributed by atoms with E-state index in [1.54, 1.807) is 6.07 Å². The Morgan fingerprint density at radius 1 is 1.07 bits per heavy atom. The molecule has 0 aliphatic rings. The van der Waals surface area contributed by atoms with Crippen molar-refractivity contribution in [2.45, 2.75) is 24.8 Å². The fourth-order valence-electron chi connectivity index (χ4n) is 2.31. The molecule has 0 aliphatic heterocycles. The van der Waals surface area contributed by atoms with Gasteiger partial charge in [0.25, 0.3) is 0 Å². The van der Waals surface area contributed by atoms with Gasteiger partial charge in [-0.1, -0.05) is 37.3 Å². The third-order valence-corrected chi connectivity index (χ3v) is 5.12. The average molecular weight is 416 g/mol. The Morgan fingerprint density at radius 2 is 1.74 bits per heavy atom. The summed E-state index contributed by atoms with van der Waals surface area (Å²) in [5.41, 5.74) is 1.62. The van der Waals surface area contributed by atoms with E-state index in [1.165, 1.54) is 18.2 Å². The highest BCUT2D eigenvalue weighted by atomic mass is 35.5. The van der Waals surface area contributed by atoms with Gasteiger partial charge in [0.2, 0.25) is 15.9 Å². The van der Waals surface area contributed by atoms with Gasteiger partial charge < -0.3 is 10.6 Å². The summed E-state index contributed by atoms with van der Waals surface area (Å²) in [6.07, 6.45) is -0.0662. The van der Waals surface area contributed by atoms with Crippen molar-refractivity contribution in [1.82, 2.24) is 10.0 Å². The smallest absolute Gasteiger partial charge is 0.243 e. The summed E-state index contributed by atoms with van der Waals surface area (Å²) >= 11 is 0. The molecule has 0 spiro atoms. The number of anilines is 1. The van der Waals surface area contributed by atoms with Gasteiger partial charge in [-0.25, -0.2) is 17.5 Å². The number of amides is 1. The second kappa shape index (κ2) is 11.0. The van der Waals surface area contributed by atoms with E-state index in [2.05, 4.69) is 15.4 Å². The van der Waals surface area contributed by atoms with E-state index in [0.717, 1.165) is 18.2 Å². The lowest BCUT2D eigenvalue weighted by Gasteiger charge is -2.12. The molecule has 2 rings (SSSR count). The van der Waals surface area contributed by atoms with Gasteiger partial charge in [0.05, 0.1) is 0 Å². The highest BCUT2D eigenvalue weighted by molar-refractivity contribution is 7.89. The van der Waals surface area contributed by atoms with Crippen LogP contribution in [0.15, 0.2) is 53.4 Å². The molecule has 9 heteroatoms. The van der Waals surface area contributed by atoms with Crippen LogP contribution >= 0.6 is 12.4 Å². The molecule has 1 amide bonds. The van der Waals surface area contributed by atoms with Crippen LogP contribution in [0.5, 0.6) is 0 Å². The van der Waals surface area contributed by atoms with Crippen molar-refractivity contribution >= 4 is 34.0 Å². The molecule has 3 N–H and O–H groups in total. The van der Waals surface area contributed by atoms with Crippen LogP contribution in [-0.4, -0.2) is 27.4 Å². The molecular formula is C18H23ClFN3O3S. The van der Waals surface area contributed by atoms with Crippen molar-refractivity contribution in [3.8, 4) is 0 Å². The molecule has 2 aromatic rings. The molecule has 0 aromatic heterocycles. The van der Waals surface area contributed by atoms with Gasteiger partial charge in [-0.05, 0) is 30.3 Å². The molecule has 0 bridgehead atoms. The number of hydrogen-bond acceptors (Lipinski definition) is 4. The van der Waals surface area contributed by atoms with E-state index < -0.39 is 20.7 Å². The summed E-state index contributed by atoms with van der Waals surface area (Å²) in [5.74, 6) is -1.16. The highest BCUT2D eigenvalue weighted by Gasteiger charge is 2.18. The van der Waals surface area contributed by atoms with E-state index in [-0.39, 0.29) is 31.3 Å². The number of halogens is 2. The van der Waals surface area contributed by atoms with Crippen molar-refractivity contribution < 1.29 is 17.6 Å². The molecule has 0 heterocycles. The Balaban J connectivity index is 0.00000364. The summed E-state index contributed by atoms with van der Waals surface area (Å²) in [6.45, 7) is 3.29. The SMILES string of the molecule is CCNCc1ccccc1NC(=O)CCNS(=O)(=O)c1ccccc1F.Cl. The van der Waals surface area contributed by atoms with Crippen LogP contribution in [0.2, 0.25) is 0 Å². The Morgan fingerprint density at radius 3 is 2.44 bits per heavy atom. The first-order valence-corrected chi connectivity index (χ1v) is 9.75. The van der Waals surface area contributed by atoms with Crippen LogP contribution in [0.25, 0.3) is 0 Å². The average Bonchev–Trinajstić information content (AvgIpc) is 2.61. The molecule has 6 nitrogen and oxygen atoms in total. The number of carbonyl (C=O) groups excluding carboxylic acids is 1. The van der Waals surface area contributed by atoms with Gasteiger partial charge in [0.1, 0.15) is 10.7 Å². The zero-order chi connectivity index (χ0) is 19.0. The summed E-state index contributed by atoms with van der Waals surface area (Å²) in [6, 6.07) is 12.5. The lowest BCUT2D eigenvalue weighted by Crippen LogP contribution is -2.28. The van der Waals surface area contributed by atoms with Gasteiger partial charge >= 0.3 is 0 Å². The maximum atomic E-state index is 13.6. The lowest BCUT2D eigenvalue weighted by atomic mass is 10.1. The Kier molecular flexibility index (Phi) is 9.37. The molecule has 0 aliphatic carbocycles. The molecule has 2 aromatic carbocycles. The first-order chi connectivity index (χ1) is 12.4. The van der Waals surface area contributed by atoms with E-state index in [0.29, 0.717) is 12.2 Å². The van der Waals surface area contributed by atoms with E-state index in [9.17, 15) is 17.6 Å². The fourth-order valence-corrected chi connectivity index (χ4v) is 3.42. The predicted molar refractivity (Wildman–Crippen MR) is 106 cm³/mol. The molecule has 0 saturated heterocycles. The first-order valence-electron chi connectivity index (χ1n) is 8.26. The molecule has 0 radical (unpaired) electrons. The number of nitrogens with one attached hydrogen (secondary N) is 3. The van der Waals surface area contributed by atoms with Crippen LogP contribution < -0.4 is 15.4 Å². The lowest BCUT2D eigenvalue weighted by molar-refractivity contribution is -0.116. The number of rotatable bonds is 9. The summed E-state index contributed by atoms with van der Waals surface area (Å²) in [7, 11) is -3.99. The summed E-state index contributed by atoms with van der Waals surface area (Å²) in [5, 5.41) is 5.96. The minimum Gasteiger partial charge on any atom is -0.326 e. The summed E-state index contributed by atoms with van der Waals surface area (Å²) in [4.78, 5) is 11.7. The van der Waals surface area contributed by atoms with Gasteiger partial charge in [-0.15, -0.1) is 12.4 Å². The topological polar surface area (TPSA) is 87.3 Å². The first kappa shape index (κ1) is 23.0. The highest BCUT2D eigenvalue weighted by Crippen LogP contribution is 2.15. The molecule has 0 atom stereocenters. The zero-order valence-electron chi connectivity index (χ0n) is 14.9. The maximum Gasteiger partial charge on any atom is 0.243 e. The molecule has 148 valence electrons. The van der Waals surface area contributed by atoms with Crippen LogP contribution in [0.4, 0.5) is 10.1 Å². The van der Waals surface area contributed by atoms with Crippen LogP contribution in [-0.2, 0) is 21.4 Å². The van der Waals surface area contributed by atoms with E-state index in [4.69, 9.17) is 0 Å². The monoisotopic (exact) mass is 415 g/mol. The van der Waals surface area contributed by atoms with Gasteiger partial charge in [0, 0.05) is 25.2 Å². The Labute approximate surface area is 165 Å². The number of hydrogen-bond donors (Lipinski definition) is 3. The molecule has 27 heavy (non-hydrogen) atoms. The number of benzene rings is 2. The molecule has 0 saturated carbocycles. The summed E-state index contributed by atoms with van der Waals surface area (Å²) < 4.78 is 40.0. The molecule has 0 unspecified atom stereocenters. The number of para-hydroxylation sites is 1. The third kappa shape index (κ3) is 6.91. The van der Waals surface area contributed by atoms with E-state index >= 15 is 0 Å². The largest absolute Gasteiger partial charge is 0.326 e. The van der Waals surface area contributed by atoms with Crippen LogP contribution in [0.1, 0.15) is 18.9 Å². The second-order valence-corrected chi connectivity index (χ2v) is 7.30. The van der Waals surface area contributed by atoms with Crippen molar-refractivity contribution in [3.05, 3.63) is 59.9 Å². The van der Waals surface area contributed by atoms with Crippen molar-refractivity contribution in [3.63, 3.8) is 0 Å². The van der Waals surface area contributed by atoms with Gasteiger partial charge in [0.15, 0.2) is 0 Å². The predicted octanol–water partition coefficient (Wildman–Crippen LogP) is 2.66. The normalized spacial score (nSPS) is 10.9. The fraction of sp³-hybridized carbons (Fsp3) is 0.278. The van der Waals surface area contributed by atoms with Gasteiger partial charge in [-0.3, -0.25) is 4.79 Å². The standard InChI is InChI=1S/C18H22FN3O3S.ClH/c1-2-20-13-14-7-3-5-9-16(14)22-18(23)11-12-21-26(24,25)17-10-6-4-8-15(17)19;/h3-10,20-21H,2,11-13H2,1H3,(H,22,23);1H. The van der Waals surface area contributed by atoms with Crippen molar-refractivity contribution in [2.24, 2.45) is 0 Å². The maximum absolute atomic E-state index is 13.6. The quantitative estimate of drug-likeness (QED) is 0.587. The van der Waals surface area contributed by atoms with Crippen molar-refractivity contribution in [2.75, 3.05) is 18.4 Å². The van der Waals surface area contributed by atoms with Crippen LogP contribution in [0, 0.1) is 5.82 Å². The minimum atomic E-state index is -3.99. The third-order valence-electron chi connectivity index (χ3n) is 3.63. The van der Waals surface area contributed by atoms with E-state index in [1.807, 2.05) is 25.1 Å². The molecule has 0 fully saturated rings. The second-order valence-electron chi connectivity index (χ2n) is 5.56. The number of carbonyl (C=O) groups is 1. The zero-order valence-corrected chi connectivity index (χ0v) is 16.5. The number of sulfonamides is 1. The van der Waals surface area contributed by atoms with Gasteiger partial charge in [-0.2, -0.15) is 0 Å². The Hall–Kier alpha value is -2.00. The van der Waals surface area contributed by atoms with Crippen LogP contribution in [0.3, 0.4) is 0 Å². The molecular weight excluding hydrogens is 393 g/mol.